The second-order valence-corrected chi connectivity index (χ2v) is 4.93. The van der Waals surface area contributed by atoms with Crippen molar-refractivity contribution in [1.82, 2.24) is 20.0 Å². The lowest BCUT2D eigenvalue weighted by Gasteiger charge is -2.06. The van der Waals surface area contributed by atoms with Crippen LogP contribution in [0, 0.1) is 0 Å². The summed E-state index contributed by atoms with van der Waals surface area (Å²) in [6, 6.07) is 10.1. The summed E-state index contributed by atoms with van der Waals surface area (Å²) in [7, 11) is 0. The maximum Gasteiger partial charge on any atom is 0.169 e. The molecule has 0 amide bonds. The van der Waals surface area contributed by atoms with Crippen LogP contribution in [0.3, 0.4) is 0 Å². The first-order valence-electron chi connectivity index (χ1n) is 6.39. The number of nitrogens with zero attached hydrogens (tertiary/aromatic N) is 4. The van der Waals surface area contributed by atoms with E-state index in [0.717, 1.165) is 22.3 Å². The topological polar surface area (TPSA) is 69.6 Å². The summed E-state index contributed by atoms with van der Waals surface area (Å²) in [4.78, 5) is 4.32. The van der Waals surface area contributed by atoms with Crippen LogP contribution in [0.2, 0.25) is 0 Å². The number of nitrogen functional groups attached to an aromatic ring is 1. The van der Waals surface area contributed by atoms with Crippen molar-refractivity contribution in [2.75, 3.05) is 5.73 Å². The van der Waals surface area contributed by atoms with E-state index in [1.807, 2.05) is 28.9 Å². The molecule has 5 heteroatoms. The molecule has 1 saturated carbocycles. The minimum Gasteiger partial charge on any atom is -0.381 e. The van der Waals surface area contributed by atoms with Gasteiger partial charge in [-0.15, -0.1) is 5.10 Å². The van der Waals surface area contributed by atoms with Gasteiger partial charge in [0.15, 0.2) is 5.82 Å². The van der Waals surface area contributed by atoms with Crippen molar-refractivity contribution in [3.63, 3.8) is 0 Å². The molecule has 1 aliphatic carbocycles. The van der Waals surface area contributed by atoms with Gasteiger partial charge in [0.05, 0.1) is 16.9 Å². The van der Waals surface area contributed by atoms with Gasteiger partial charge in [-0.25, -0.2) is 4.68 Å². The highest BCUT2D eigenvalue weighted by Crippen LogP contribution is 2.42. The first-order chi connectivity index (χ1) is 9.33. The van der Waals surface area contributed by atoms with Gasteiger partial charge in [-0.3, -0.25) is 4.98 Å². The van der Waals surface area contributed by atoms with Crippen molar-refractivity contribution in [3.05, 3.63) is 42.2 Å². The molecule has 2 heterocycles. The van der Waals surface area contributed by atoms with Crippen molar-refractivity contribution >= 4 is 16.7 Å². The summed E-state index contributed by atoms with van der Waals surface area (Å²) in [5.74, 6) is 1.06. The Morgan fingerprint density at radius 3 is 2.95 bits per heavy atom. The van der Waals surface area contributed by atoms with E-state index in [9.17, 15) is 0 Å². The van der Waals surface area contributed by atoms with Gasteiger partial charge in [0.1, 0.15) is 0 Å². The first kappa shape index (κ1) is 10.5. The van der Waals surface area contributed by atoms with Gasteiger partial charge in [0.25, 0.3) is 0 Å². The summed E-state index contributed by atoms with van der Waals surface area (Å²) in [5, 5.41) is 9.28. The monoisotopic (exact) mass is 251 g/mol. The number of pyridine rings is 1. The summed E-state index contributed by atoms with van der Waals surface area (Å²) in [6.07, 6.45) is 4.14. The van der Waals surface area contributed by atoms with E-state index in [0.29, 0.717) is 11.7 Å². The number of fused-ring (bicyclic) bond motifs is 1. The smallest absolute Gasteiger partial charge is 0.169 e. The number of hydrogen-bond acceptors (Lipinski definition) is 4. The average molecular weight is 251 g/mol. The van der Waals surface area contributed by atoms with E-state index in [1.165, 1.54) is 12.8 Å². The number of nitrogens with two attached hydrogens (primary N) is 1. The normalized spacial score (nSPS) is 14.9. The van der Waals surface area contributed by atoms with Gasteiger partial charge >= 0.3 is 0 Å². The maximum absolute atomic E-state index is 5.93. The van der Waals surface area contributed by atoms with E-state index < -0.39 is 0 Å². The van der Waals surface area contributed by atoms with Crippen LogP contribution in [0.5, 0.6) is 0 Å². The summed E-state index contributed by atoms with van der Waals surface area (Å²) in [5.41, 5.74) is 8.94. The van der Waals surface area contributed by atoms with Crippen LogP contribution < -0.4 is 5.73 Å². The standard InChI is InChI=1S/C14H13N5/c15-14-13(9-3-4-9)19(18-17-14)11-5-6-12-10(8-11)2-1-7-16-12/h1-2,5-9H,3-4,15H2. The SMILES string of the molecule is Nc1nnn(-c2ccc3ncccc3c2)c1C1CC1. The molecule has 3 aromatic rings. The molecular formula is C14H13N5. The van der Waals surface area contributed by atoms with E-state index in [1.54, 1.807) is 6.20 Å². The van der Waals surface area contributed by atoms with Crippen LogP contribution in [0.4, 0.5) is 5.82 Å². The lowest BCUT2D eigenvalue weighted by atomic mass is 10.2. The van der Waals surface area contributed by atoms with Crippen molar-refractivity contribution in [2.45, 2.75) is 18.8 Å². The van der Waals surface area contributed by atoms with Crippen molar-refractivity contribution in [1.29, 1.82) is 0 Å². The number of aromatic nitrogens is 4. The lowest BCUT2D eigenvalue weighted by molar-refractivity contribution is 0.764. The van der Waals surface area contributed by atoms with Crippen LogP contribution in [0.25, 0.3) is 16.6 Å². The molecule has 0 spiro atoms. The molecule has 0 unspecified atom stereocenters. The van der Waals surface area contributed by atoms with E-state index in [2.05, 4.69) is 21.4 Å². The third-order valence-corrected chi connectivity index (χ3v) is 3.53. The maximum atomic E-state index is 5.93. The van der Waals surface area contributed by atoms with Gasteiger partial charge in [0.2, 0.25) is 0 Å². The third-order valence-electron chi connectivity index (χ3n) is 3.53. The minimum atomic E-state index is 0.514. The Morgan fingerprint density at radius 2 is 2.11 bits per heavy atom. The second-order valence-electron chi connectivity index (χ2n) is 4.93. The Balaban J connectivity index is 1.90. The highest BCUT2D eigenvalue weighted by atomic mass is 15.4. The van der Waals surface area contributed by atoms with Crippen molar-refractivity contribution in [3.8, 4) is 5.69 Å². The predicted molar refractivity (Wildman–Crippen MR) is 73.0 cm³/mol. The first-order valence-corrected chi connectivity index (χ1v) is 6.39. The molecule has 4 rings (SSSR count). The van der Waals surface area contributed by atoms with Gasteiger partial charge in [-0.05, 0) is 37.1 Å². The zero-order valence-corrected chi connectivity index (χ0v) is 10.3. The Bertz CT molecular complexity index is 757. The largest absolute Gasteiger partial charge is 0.381 e. The minimum absolute atomic E-state index is 0.514. The molecule has 94 valence electrons. The van der Waals surface area contributed by atoms with Crippen LogP contribution in [-0.4, -0.2) is 20.0 Å². The molecule has 1 aromatic carbocycles. The van der Waals surface area contributed by atoms with Crippen LogP contribution >= 0.6 is 0 Å². The molecule has 2 N–H and O–H groups in total. The Hall–Kier alpha value is -2.43. The fourth-order valence-electron chi connectivity index (χ4n) is 2.43. The zero-order chi connectivity index (χ0) is 12.8. The molecule has 1 aliphatic rings. The van der Waals surface area contributed by atoms with Crippen molar-refractivity contribution in [2.24, 2.45) is 0 Å². The van der Waals surface area contributed by atoms with Gasteiger partial charge < -0.3 is 5.73 Å². The molecule has 0 saturated heterocycles. The second kappa shape index (κ2) is 3.78. The molecule has 19 heavy (non-hydrogen) atoms. The van der Waals surface area contributed by atoms with Gasteiger partial charge in [-0.1, -0.05) is 11.3 Å². The fourth-order valence-corrected chi connectivity index (χ4v) is 2.43. The van der Waals surface area contributed by atoms with E-state index >= 15 is 0 Å². The molecule has 0 bridgehead atoms. The molecule has 2 aromatic heterocycles. The number of benzene rings is 1. The molecule has 1 fully saturated rings. The summed E-state index contributed by atoms with van der Waals surface area (Å²) in [6.45, 7) is 0. The van der Waals surface area contributed by atoms with Crippen LogP contribution in [-0.2, 0) is 0 Å². The Morgan fingerprint density at radius 1 is 1.21 bits per heavy atom. The average Bonchev–Trinajstić information content (AvgIpc) is 3.21. The molecule has 0 atom stereocenters. The van der Waals surface area contributed by atoms with E-state index in [-0.39, 0.29) is 0 Å². The highest BCUT2D eigenvalue weighted by Gasteiger charge is 2.31. The van der Waals surface area contributed by atoms with Crippen LogP contribution in [0.15, 0.2) is 36.5 Å². The summed E-state index contributed by atoms with van der Waals surface area (Å²) >= 11 is 0. The van der Waals surface area contributed by atoms with E-state index in [4.69, 9.17) is 5.73 Å². The highest BCUT2D eigenvalue weighted by molar-refractivity contribution is 5.80. The summed E-state index contributed by atoms with van der Waals surface area (Å²) < 4.78 is 1.86. The zero-order valence-electron chi connectivity index (χ0n) is 10.3. The van der Waals surface area contributed by atoms with Crippen LogP contribution in [0.1, 0.15) is 24.5 Å². The number of hydrogen-bond donors (Lipinski definition) is 1. The third kappa shape index (κ3) is 1.66. The molecule has 0 aliphatic heterocycles. The Labute approximate surface area is 110 Å². The number of anilines is 1. The molecule has 5 nitrogen and oxygen atoms in total. The van der Waals surface area contributed by atoms with Crippen molar-refractivity contribution < 1.29 is 0 Å². The lowest BCUT2D eigenvalue weighted by Crippen LogP contribution is -2.02. The molecule has 0 radical (unpaired) electrons. The number of rotatable bonds is 2. The van der Waals surface area contributed by atoms with Gasteiger partial charge in [0, 0.05) is 17.5 Å². The Kier molecular flexibility index (Phi) is 2.09. The fraction of sp³-hybridized carbons (Fsp3) is 0.214. The predicted octanol–water partition coefficient (Wildman–Crippen LogP) is 2.28. The van der Waals surface area contributed by atoms with Gasteiger partial charge in [-0.2, -0.15) is 0 Å². The molecular weight excluding hydrogens is 238 g/mol. The quantitative estimate of drug-likeness (QED) is 0.758.